The van der Waals surface area contributed by atoms with Crippen molar-refractivity contribution in [3.8, 4) is 5.75 Å². The molecule has 0 aliphatic carbocycles. The maximum atomic E-state index is 12.9. The zero-order valence-corrected chi connectivity index (χ0v) is 12.1. The van der Waals surface area contributed by atoms with Gasteiger partial charge in [0.2, 0.25) is 0 Å². The lowest BCUT2D eigenvalue weighted by Crippen LogP contribution is -2.20. The van der Waals surface area contributed by atoms with Crippen LogP contribution >= 0.6 is 11.6 Å². The van der Waals surface area contributed by atoms with Gasteiger partial charge in [0, 0.05) is 11.4 Å². The van der Waals surface area contributed by atoms with Crippen molar-refractivity contribution in [2.45, 2.75) is 6.92 Å². The quantitative estimate of drug-likeness (QED) is 0.851. The molecule has 0 aromatic heterocycles. The number of carbonyl (C=O) groups excluding carboxylic acids is 1. The fourth-order valence-electron chi connectivity index (χ4n) is 1.70. The molecule has 0 fully saturated rings. The number of nitrogens with one attached hydrogen (secondary N) is 1. The first-order chi connectivity index (χ1) is 9.95. The number of nitrogen functional groups attached to an aromatic ring is 1. The van der Waals surface area contributed by atoms with E-state index in [4.69, 9.17) is 22.1 Å². The van der Waals surface area contributed by atoms with E-state index >= 15 is 0 Å². The molecule has 6 heteroatoms. The topological polar surface area (TPSA) is 64.3 Å². The number of rotatable bonds is 4. The highest BCUT2D eigenvalue weighted by Crippen LogP contribution is 2.25. The van der Waals surface area contributed by atoms with Crippen LogP contribution in [-0.4, -0.2) is 12.5 Å². The van der Waals surface area contributed by atoms with Crippen LogP contribution in [0.25, 0.3) is 0 Å². The molecule has 0 aliphatic rings. The Morgan fingerprint density at radius 3 is 2.81 bits per heavy atom. The lowest BCUT2D eigenvalue weighted by Gasteiger charge is -2.11. The first-order valence-corrected chi connectivity index (χ1v) is 6.57. The Kier molecular flexibility index (Phi) is 4.65. The van der Waals surface area contributed by atoms with Crippen LogP contribution in [0.2, 0.25) is 5.02 Å². The van der Waals surface area contributed by atoms with Gasteiger partial charge in [-0.15, -0.1) is 0 Å². The van der Waals surface area contributed by atoms with E-state index in [1.807, 2.05) is 13.0 Å². The molecule has 0 saturated heterocycles. The zero-order valence-electron chi connectivity index (χ0n) is 11.3. The molecule has 21 heavy (non-hydrogen) atoms. The van der Waals surface area contributed by atoms with Crippen LogP contribution in [0.1, 0.15) is 5.56 Å². The van der Waals surface area contributed by atoms with Gasteiger partial charge in [-0.05, 0) is 42.8 Å². The number of hydrogen-bond donors (Lipinski definition) is 2. The van der Waals surface area contributed by atoms with E-state index in [1.165, 1.54) is 12.1 Å². The van der Waals surface area contributed by atoms with Crippen LogP contribution in [0.3, 0.4) is 0 Å². The Labute approximate surface area is 126 Å². The lowest BCUT2D eigenvalue weighted by molar-refractivity contribution is -0.118. The third kappa shape index (κ3) is 4.10. The number of hydrogen-bond acceptors (Lipinski definition) is 3. The largest absolute Gasteiger partial charge is 0.482 e. The van der Waals surface area contributed by atoms with Crippen LogP contribution in [0.4, 0.5) is 15.8 Å². The summed E-state index contributed by atoms with van der Waals surface area (Å²) in [6.45, 7) is 1.62. The average Bonchev–Trinajstić information content (AvgIpc) is 2.42. The highest BCUT2D eigenvalue weighted by Gasteiger charge is 2.08. The Morgan fingerprint density at radius 2 is 2.10 bits per heavy atom. The molecular formula is C15H14ClFN2O2. The van der Waals surface area contributed by atoms with Crippen LogP contribution in [-0.2, 0) is 4.79 Å². The summed E-state index contributed by atoms with van der Waals surface area (Å²) in [4.78, 5) is 11.8. The molecule has 2 aromatic carbocycles. The normalized spacial score (nSPS) is 10.2. The second kappa shape index (κ2) is 6.45. The molecule has 110 valence electrons. The number of halogens is 2. The number of ether oxygens (including phenoxy) is 1. The third-order valence-electron chi connectivity index (χ3n) is 2.79. The van der Waals surface area contributed by atoms with Crippen LogP contribution in [0, 0.1) is 12.7 Å². The number of amides is 1. The van der Waals surface area contributed by atoms with Gasteiger partial charge in [-0.1, -0.05) is 17.7 Å². The van der Waals surface area contributed by atoms with Gasteiger partial charge in [-0.3, -0.25) is 4.79 Å². The second-order valence-electron chi connectivity index (χ2n) is 4.49. The Balaban J connectivity index is 1.97. The minimum absolute atomic E-state index is 0.114. The zero-order chi connectivity index (χ0) is 15.4. The summed E-state index contributed by atoms with van der Waals surface area (Å²) in [7, 11) is 0. The molecule has 0 atom stereocenters. The van der Waals surface area contributed by atoms with Crippen LogP contribution in [0.5, 0.6) is 5.75 Å². The van der Waals surface area contributed by atoms with E-state index in [0.29, 0.717) is 11.4 Å². The van der Waals surface area contributed by atoms with Crippen LogP contribution < -0.4 is 15.8 Å². The summed E-state index contributed by atoms with van der Waals surface area (Å²) in [5.74, 6) is -0.575. The van der Waals surface area contributed by atoms with Gasteiger partial charge >= 0.3 is 0 Å². The molecule has 0 unspecified atom stereocenters. The molecule has 0 saturated carbocycles. The van der Waals surface area contributed by atoms with Gasteiger partial charge in [0.1, 0.15) is 11.6 Å². The summed E-state index contributed by atoms with van der Waals surface area (Å²) in [6.07, 6.45) is 0. The summed E-state index contributed by atoms with van der Waals surface area (Å²) in [6, 6.07) is 8.93. The minimum Gasteiger partial charge on any atom is -0.482 e. The molecule has 2 rings (SSSR count). The number of nitrogens with two attached hydrogens (primary N) is 1. The molecule has 0 spiro atoms. The second-order valence-corrected chi connectivity index (χ2v) is 4.89. The number of carbonyl (C=O) groups is 1. The van der Waals surface area contributed by atoms with Crippen molar-refractivity contribution in [1.29, 1.82) is 0 Å². The minimum atomic E-state index is -0.466. The van der Waals surface area contributed by atoms with E-state index in [-0.39, 0.29) is 23.3 Å². The van der Waals surface area contributed by atoms with Crippen molar-refractivity contribution in [2.24, 2.45) is 0 Å². The van der Waals surface area contributed by atoms with Gasteiger partial charge < -0.3 is 15.8 Å². The van der Waals surface area contributed by atoms with Crippen molar-refractivity contribution < 1.29 is 13.9 Å². The molecule has 0 heterocycles. The number of aryl methyl sites for hydroxylation is 1. The van der Waals surface area contributed by atoms with E-state index < -0.39 is 5.82 Å². The Bertz CT molecular complexity index is 677. The summed E-state index contributed by atoms with van der Waals surface area (Å²) >= 11 is 5.81. The molecule has 0 radical (unpaired) electrons. The Hall–Kier alpha value is -2.27. The highest BCUT2D eigenvalue weighted by molar-refractivity contribution is 6.32. The highest BCUT2D eigenvalue weighted by atomic mass is 35.5. The smallest absolute Gasteiger partial charge is 0.262 e. The fourth-order valence-corrected chi connectivity index (χ4v) is 1.92. The molecule has 4 nitrogen and oxygen atoms in total. The average molecular weight is 309 g/mol. The lowest BCUT2D eigenvalue weighted by atomic mass is 10.2. The first-order valence-electron chi connectivity index (χ1n) is 6.19. The first kappa shape index (κ1) is 15.1. The standard InChI is InChI=1S/C15H14ClFN2O2/c1-9-2-4-11(18)7-13(9)19-15(20)8-21-14-5-3-10(17)6-12(14)16/h2-7H,8,18H2,1H3,(H,19,20). The van der Waals surface area contributed by atoms with Crippen LogP contribution in [0.15, 0.2) is 36.4 Å². The predicted octanol–water partition coefficient (Wildman–Crippen LogP) is 3.39. The monoisotopic (exact) mass is 308 g/mol. The van der Waals surface area contributed by atoms with Gasteiger partial charge in [-0.25, -0.2) is 4.39 Å². The van der Waals surface area contributed by atoms with Crippen molar-refractivity contribution in [3.63, 3.8) is 0 Å². The van der Waals surface area contributed by atoms with Crippen molar-refractivity contribution in [1.82, 2.24) is 0 Å². The molecular weight excluding hydrogens is 295 g/mol. The van der Waals surface area contributed by atoms with Gasteiger partial charge in [0.05, 0.1) is 5.02 Å². The summed E-state index contributed by atoms with van der Waals surface area (Å²) < 4.78 is 18.1. The van der Waals surface area contributed by atoms with Gasteiger partial charge in [-0.2, -0.15) is 0 Å². The SMILES string of the molecule is Cc1ccc(N)cc1NC(=O)COc1ccc(F)cc1Cl. The molecule has 3 N–H and O–H groups in total. The maximum absolute atomic E-state index is 12.9. The third-order valence-corrected chi connectivity index (χ3v) is 3.08. The fraction of sp³-hybridized carbons (Fsp3) is 0.133. The maximum Gasteiger partial charge on any atom is 0.262 e. The predicted molar refractivity (Wildman–Crippen MR) is 81.1 cm³/mol. The van der Waals surface area contributed by atoms with E-state index in [1.54, 1.807) is 12.1 Å². The molecule has 1 amide bonds. The summed E-state index contributed by atoms with van der Waals surface area (Å²) in [5.41, 5.74) is 7.73. The number of benzene rings is 2. The van der Waals surface area contributed by atoms with E-state index in [9.17, 15) is 9.18 Å². The molecule has 2 aromatic rings. The van der Waals surface area contributed by atoms with Crippen molar-refractivity contribution in [2.75, 3.05) is 17.7 Å². The Morgan fingerprint density at radius 1 is 1.33 bits per heavy atom. The van der Waals surface area contributed by atoms with E-state index in [0.717, 1.165) is 11.6 Å². The van der Waals surface area contributed by atoms with Gasteiger partial charge in [0.25, 0.3) is 5.91 Å². The summed E-state index contributed by atoms with van der Waals surface area (Å²) in [5, 5.41) is 2.80. The van der Waals surface area contributed by atoms with E-state index in [2.05, 4.69) is 5.32 Å². The van der Waals surface area contributed by atoms with Crippen molar-refractivity contribution >= 4 is 28.9 Å². The number of anilines is 2. The van der Waals surface area contributed by atoms with Crippen molar-refractivity contribution in [3.05, 3.63) is 52.8 Å². The van der Waals surface area contributed by atoms with Gasteiger partial charge in [0.15, 0.2) is 6.61 Å². The molecule has 0 aliphatic heterocycles. The molecule has 0 bridgehead atoms.